The van der Waals surface area contributed by atoms with Gasteiger partial charge in [-0.3, -0.25) is 0 Å². The van der Waals surface area contributed by atoms with Gasteiger partial charge in [0.15, 0.2) is 5.82 Å². The first-order valence-electron chi connectivity index (χ1n) is 7.11. The van der Waals surface area contributed by atoms with E-state index in [1.807, 2.05) is 42.5 Å². The summed E-state index contributed by atoms with van der Waals surface area (Å²) >= 11 is 0. The number of anilines is 3. The second-order valence-corrected chi connectivity index (χ2v) is 4.94. The largest absolute Gasteiger partial charge is 0.365 e. The Morgan fingerprint density at radius 3 is 2.55 bits per heavy atom. The van der Waals surface area contributed by atoms with Crippen molar-refractivity contribution in [2.45, 2.75) is 13.5 Å². The highest BCUT2D eigenvalue weighted by atomic mass is 15.3. The van der Waals surface area contributed by atoms with Gasteiger partial charge in [0.1, 0.15) is 0 Å². The highest BCUT2D eigenvalue weighted by molar-refractivity contribution is 5.53. The molecule has 0 aliphatic rings. The van der Waals surface area contributed by atoms with Gasteiger partial charge in [-0.05, 0) is 30.2 Å². The Hall–Kier alpha value is -2.95. The zero-order chi connectivity index (χ0) is 15.2. The Morgan fingerprint density at radius 1 is 0.955 bits per heavy atom. The van der Waals surface area contributed by atoms with Gasteiger partial charge in [-0.1, -0.05) is 42.5 Å². The van der Waals surface area contributed by atoms with Gasteiger partial charge in [-0.25, -0.2) is 0 Å². The van der Waals surface area contributed by atoms with E-state index in [4.69, 9.17) is 0 Å². The summed E-state index contributed by atoms with van der Waals surface area (Å²) in [6.07, 6.45) is 1.62. The topological polar surface area (TPSA) is 62.7 Å². The lowest BCUT2D eigenvalue weighted by Crippen LogP contribution is -2.06. The molecule has 2 aromatic carbocycles. The molecule has 1 heterocycles. The molecule has 110 valence electrons. The van der Waals surface area contributed by atoms with Crippen molar-refractivity contribution in [3.05, 3.63) is 71.9 Å². The summed E-state index contributed by atoms with van der Waals surface area (Å²) in [5.74, 6) is 1.16. The molecule has 1 aromatic heterocycles. The Labute approximate surface area is 129 Å². The van der Waals surface area contributed by atoms with Gasteiger partial charge < -0.3 is 10.6 Å². The maximum absolute atomic E-state index is 4.42. The predicted molar refractivity (Wildman–Crippen MR) is 88.1 cm³/mol. The Morgan fingerprint density at radius 2 is 1.73 bits per heavy atom. The summed E-state index contributed by atoms with van der Waals surface area (Å²) in [7, 11) is 0. The highest BCUT2D eigenvalue weighted by Crippen LogP contribution is 2.14. The number of benzene rings is 2. The second kappa shape index (κ2) is 6.67. The van der Waals surface area contributed by atoms with E-state index in [0.29, 0.717) is 18.3 Å². The first-order valence-corrected chi connectivity index (χ1v) is 7.11. The van der Waals surface area contributed by atoms with Crippen LogP contribution in [-0.2, 0) is 6.54 Å². The van der Waals surface area contributed by atoms with Crippen molar-refractivity contribution in [3.8, 4) is 0 Å². The monoisotopic (exact) mass is 291 g/mol. The van der Waals surface area contributed by atoms with Crippen molar-refractivity contribution >= 4 is 17.5 Å². The van der Waals surface area contributed by atoms with E-state index in [9.17, 15) is 0 Å². The van der Waals surface area contributed by atoms with Crippen LogP contribution in [0.4, 0.5) is 17.5 Å². The van der Waals surface area contributed by atoms with E-state index >= 15 is 0 Å². The number of hydrogen-bond acceptors (Lipinski definition) is 5. The van der Waals surface area contributed by atoms with Crippen LogP contribution in [0.25, 0.3) is 0 Å². The summed E-state index contributed by atoms with van der Waals surface area (Å²) in [4.78, 5) is 4.42. The van der Waals surface area contributed by atoms with E-state index in [1.54, 1.807) is 6.20 Å². The quantitative estimate of drug-likeness (QED) is 0.753. The van der Waals surface area contributed by atoms with E-state index < -0.39 is 0 Å². The third kappa shape index (κ3) is 3.58. The number of aryl methyl sites for hydroxylation is 1. The van der Waals surface area contributed by atoms with Crippen molar-refractivity contribution in [1.29, 1.82) is 0 Å². The average molecular weight is 291 g/mol. The first kappa shape index (κ1) is 14.0. The number of nitrogens with zero attached hydrogens (tertiary/aromatic N) is 3. The number of rotatable bonds is 5. The standard InChI is InChI=1S/C17H17N5/c1-13-7-5-6-8-14(13)11-18-16-12-19-22-17(21-16)20-15-9-3-2-4-10-15/h2-10,12H,11H2,1H3,(H2,18,20,21,22). The van der Waals surface area contributed by atoms with Crippen molar-refractivity contribution in [2.75, 3.05) is 10.6 Å². The molecule has 0 bridgehead atoms. The van der Waals surface area contributed by atoms with Gasteiger partial charge in [0, 0.05) is 12.2 Å². The minimum atomic E-state index is 0.473. The van der Waals surface area contributed by atoms with Gasteiger partial charge in [0.05, 0.1) is 6.20 Å². The summed E-state index contributed by atoms with van der Waals surface area (Å²) < 4.78 is 0. The third-order valence-electron chi connectivity index (χ3n) is 3.31. The van der Waals surface area contributed by atoms with Gasteiger partial charge in [0.2, 0.25) is 5.95 Å². The van der Waals surface area contributed by atoms with E-state index in [2.05, 4.69) is 44.9 Å². The second-order valence-electron chi connectivity index (χ2n) is 4.94. The molecular formula is C17H17N5. The molecule has 5 nitrogen and oxygen atoms in total. The van der Waals surface area contributed by atoms with Crippen LogP contribution in [0.3, 0.4) is 0 Å². The first-order chi connectivity index (χ1) is 10.8. The molecule has 3 rings (SSSR count). The molecule has 0 radical (unpaired) electrons. The summed E-state index contributed by atoms with van der Waals surface area (Å²) in [6.45, 7) is 2.80. The fourth-order valence-electron chi connectivity index (χ4n) is 2.09. The lowest BCUT2D eigenvalue weighted by atomic mass is 10.1. The van der Waals surface area contributed by atoms with Crippen LogP contribution < -0.4 is 10.6 Å². The van der Waals surface area contributed by atoms with Crippen molar-refractivity contribution < 1.29 is 0 Å². The molecule has 3 aromatic rings. The van der Waals surface area contributed by atoms with Gasteiger partial charge >= 0.3 is 0 Å². The molecule has 5 heteroatoms. The van der Waals surface area contributed by atoms with Gasteiger partial charge in [-0.15, -0.1) is 5.10 Å². The lowest BCUT2D eigenvalue weighted by Gasteiger charge is -2.09. The Bertz CT molecular complexity index is 743. The molecule has 0 saturated carbocycles. The summed E-state index contributed by atoms with van der Waals surface area (Å²) in [5.41, 5.74) is 3.42. The Balaban J connectivity index is 1.68. The normalized spacial score (nSPS) is 10.2. The van der Waals surface area contributed by atoms with Crippen LogP contribution in [0.2, 0.25) is 0 Å². The summed E-state index contributed by atoms with van der Waals surface area (Å²) in [6, 6.07) is 18.0. The van der Waals surface area contributed by atoms with Gasteiger partial charge in [-0.2, -0.15) is 10.1 Å². The van der Waals surface area contributed by atoms with Crippen molar-refractivity contribution in [2.24, 2.45) is 0 Å². The SMILES string of the molecule is Cc1ccccc1CNc1cnnc(Nc2ccccc2)n1. The molecule has 0 aliphatic heterocycles. The minimum absolute atomic E-state index is 0.473. The highest BCUT2D eigenvalue weighted by Gasteiger charge is 2.02. The minimum Gasteiger partial charge on any atom is -0.365 e. The molecule has 0 amide bonds. The van der Waals surface area contributed by atoms with Crippen LogP contribution in [0.1, 0.15) is 11.1 Å². The van der Waals surface area contributed by atoms with Crippen LogP contribution in [0, 0.1) is 6.92 Å². The summed E-state index contributed by atoms with van der Waals surface area (Å²) in [5, 5.41) is 14.4. The molecular weight excluding hydrogens is 274 g/mol. The third-order valence-corrected chi connectivity index (χ3v) is 3.31. The number of nitrogens with one attached hydrogen (secondary N) is 2. The molecule has 0 atom stereocenters. The fourth-order valence-corrected chi connectivity index (χ4v) is 2.09. The predicted octanol–water partition coefficient (Wildman–Crippen LogP) is 3.54. The number of para-hydroxylation sites is 1. The maximum atomic E-state index is 4.42. The molecule has 2 N–H and O–H groups in total. The van der Waals surface area contributed by atoms with Crippen LogP contribution in [-0.4, -0.2) is 15.2 Å². The smallest absolute Gasteiger partial charge is 0.249 e. The van der Waals surface area contributed by atoms with Crippen molar-refractivity contribution in [3.63, 3.8) is 0 Å². The number of aromatic nitrogens is 3. The van der Waals surface area contributed by atoms with Crippen LogP contribution >= 0.6 is 0 Å². The molecule has 0 saturated heterocycles. The van der Waals surface area contributed by atoms with Crippen molar-refractivity contribution in [1.82, 2.24) is 15.2 Å². The zero-order valence-corrected chi connectivity index (χ0v) is 12.3. The zero-order valence-electron chi connectivity index (χ0n) is 12.3. The molecule has 22 heavy (non-hydrogen) atoms. The van der Waals surface area contributed by atoms with E-state index in [0.717, 1.165) is 5.69 Å². The van der Waals surface area contributed by atoms with Gasteiger partial charge in [0.25, 0.3) is 0 Å². The van der Waals surface area contributed by atoms with E-state index in [1.165, 1.54) is 11.1 Å². The van der Waals surface area contributed by atoms with Crippen LogP contribution in [0.5, 0.6) is 0 Å². The van der Waals surface area contributed by atoms with Crippen LogP contribution in [0.15, 0.2) is 60.8 Å². The average Bonchev–Trinajstić information content (AvgIpc) is 2.55. The van der Waals surface area contributed by atoms with E-state index in [-0.39, 0.29) is 0 Å². The molecule has 0 aliphatic carbocycles. The molecule has 0 fully saturated rings. The molecule has 0 unspecified atom stereocenters. The maximum Gasteiger partial charge on any atom is 0.249 e. The number of hydrogen-bond donors (Lipinski definition) is 2. The lowest BCUT2D eigenvalue weighted by molar-refractivity contribution is 0.964. The molecule has 0 spiro atoms. The fraction of sp³-hybridized carbons (Fsp3) is 0.118. The Kier molecular flexibility index (Phi) is 4.25.